The highest BCUT2D eigenvalue weighted by molar-refractivity contribution is 6.42. The molecule has 0 aliphatic rings. The number of hydrogen-bond acceptors (Lipinski definition) is 1. The summed E-state index contributed by atoms with van der Waals surface area (Å²) in [5.41, 5.74) is 1.69. The van der Waals surface area contributed by atoms with Crippen molar-refractivity contribution in [3.05, 3.63) is 51.5 Å². The molecule has 0 saturated carbocycles. The number of methoxy groups -OCH3 is 1. The average Bonchev–Trinajstić information content (AvgIpc) is 2.32. The minimum absolute atomic E-state index is 0.492. The van der Waals surface area contributed by atoms with Crippen molar-refractivity contribution in [1.29, 1.82) is 0 Å². The van der Waals surface area contributed by atoms with Crippen LogP contribution in [0.1, 0.15) is 0 Å². The third-order valence-electron chi connectivity index (χ3n) is 2.40. The zero-order valence-corrected chi connectivity index (χ0v) is 11.3. The van der Waals surface area contributed by atoms with Crippen molar-refractivity contribution in [2.24, 2.45) is 0 Å². The second-order valence-electron chi connectivity index (χ2n) is 3.45. The van der Waals surface area contributed by atoms with Crippen molar-refractivity contribution in [2.45, 2.75) is 0 Å². The van der Waals surface area contributed by atoms with Crippen LogP contribution in [0.2, 0.25) is 15.1 Å². The zero-order valence-electron chi connectivity index (χ0n) is 9.01. The lowest BCUT2D eigenvalue weighted by Gasteiger charge is -2.11. The van der Waals surface area contributed by atoms with E-state index >= 15 is 0 Å². The van der Waals surface area contributed by atoms with Gasteiger partial charge in [0, 0.05) is 5.56 Å². The lowest BCUT2D eigenvalue weighted by atomic mass is 10.0. The molecule has 0 aromatic heterocycles. The van der Waals surface area contributed by atoms with Gasteiger partial charge < -0.3 is 4.74 Å². The molecule has 0 bridgehead atoms. The highest BCUT2D eigenvalue weighted by Crippen LogP contribution is 2.38. The molecule has 0 heterocycles. The first-order valence-corrected chi connectivity index (χ1v) is 6.05. The average molecular weight is 288 g/mol. The van der Waals surface area contributed by atoms with E-state index in [0.29, 0.717) is 20.8 Å². The van der Waals surface area contributed by atoms with E-state index in [9.17, 15) is 0 Å². The van der Waals surface area contributed by atoms with E-state index in [1.807, 2.05) is 24.3 Å². The minimum atomic E-state index is 0.492. The SMILES string of the molecule is COc1cccc(Cl)c1-c1ccc(Cl)c(Cl)c1. The minimum Gasteiger partial charge on any atom is -0.496 e. The maximum atomic E-state index is 6.18. The Balaban J connectivity index is 2.63. The summed E-state index contributed by atoms with van der Waals surface area (Å²) in [7, 11) is 1.60. The molecule has 0 saturated heterocycles. The molecule has 4 heteroatoms. The van der Waals surface area contributed by atoms with E-state index in [1.54, 1.807) is 19.2 Å². The summed E-state index contributed by atoms with van der Waals surface area (Å²) >= 11 is 18.1. The van der Waals surface area contributed by atoms with Gasteiger partial charge in [0.05, 0.1) is 22.2 Å². The third-order valence-corrected chi connectivity index (χ3v) is 3.46. The van der Waals surface area contributed by atoms with Crippen molar-refractivity contribution in [1.82, 2.24) is 0 Å². The Kier molecular flexibility index (Phi) is 3.82. The number of rotatable bonds is 2. The topological polar surface area (TPSA) is 9.23 Å². The summed E-state index contributed by atoms with van der Waals surface area (Å²) in [6, 6.07) is 10.9. The lowest BCUT2D eigenvalue weighted by Crippen LogP contribution is -1.88. The molecular weight excluding hydrogens is 279 g/mol. The largest absolute Gasteiger partial charge is 0.496 e. The van der Waals surface area contributed by atoms with Crippen molar-refractivity contribution < 1.29 is 4.74 Å². The molecule has 17 heavy (non-hydrogen) atoms. The molecular formula is C13H9Cl3O. The molecule has 2 rings (SSSR count). The van der Waals surface area contributed by atoms with Crippen molar-refractivity contribution in [3.63, 3.8) is 0 Å². The van der Waals surface area contributed by atoms with Crippen molar-refractivity contribution >= 4 is 34.8 Å². The molecule has 0 amide bonds. The fourth-order valence-corrected chi connectivity index (χ4v) is 2.18. The van der Waals surface area contributed by atoms with Gasteiger partial charge in [-0.1, -0.05) is 46.9 Å². The van der Waals surface area contributed by atoms with Crippen LogP contribution in [0.25, 0.3) is 11.1 Å². The molecule has 0 N–H and O–H groups in total. The summed E-state index contributed by atoms with van der Waals surface area (Å²) in [6.45, 7) is 0. The van der Waals surface area contributed by atoms with Gasteiger partial charge in [0.25, 0.3) is 0 Å². The molecule has 2 aromatic carbocycles. The van der Waals surface area contributed by atoms with Crippen LogP contribution >= 0.6 is 34.8 Å². The summed E-state index contributed by atoms with van der Waals surface area (Å²) < 4.78 is 5.29. The molecule has 88 valence electrons. The Labute approximate surface area is 115 Å². The lowest BCUT2D eigenvalue weighted by molar-refractivity contribution is 0.416. The van der Waals surface area contributed by atoms with E-state index in [0.717, 1.165) is 11.1 Å². The smallest absolute Gasteiger partial charge is 0.128 e. The molecule has 0 spiro atoms. The Morgan fingerprint density at radius 2 is 1.65 bits per heavy atom. The Bertz CT molecular complexity index is 552. The summed E-state index contributed by atoms with van der Waals surface area (Å²) in [5, 5.41) is 1.62. The van der Waals surface area contributed by atoms with Crippen LogP contribution in [-0.4, -0.2) is 7.11 Å². The van der Waals surface area contributed by atoms with Gasteiger partial charge in [0.15, 0.2) is 0 Å². The van der Waals surface area contributed by atoms with Crippen LogP contribution in [0.4, 0.5) is 0 Å². The van der Waals surface area contributed by atoms with Gasteiger partial charge in [-0.05, 0) is 29.8 Å². The molecule has 1 nitrogen and oxygen atoms in total. The van der Waals surface area contributed by atoms with Crippen LogP contribution in [0, 0.1) is 0 Å². The quantitative estimate of drug-likeness (QED) is 0.726. The first-order valence-electron chi connectivity index (χ1n) is 4.91. The Morgan fingerprint density at radius 1 is 0.882 bits per heavy atom. The van der Waals surface area contributed by atoms with E-state index in [4.69, 9.17) is 39.5 Å². The monoisotopic (exact) mass is 286 g/mol. The fourth-order valence-electron chi connectivity index (χ4n) is 1.61. The predicted octanol–water partition coefficient (Wildman–Crippen LogP) is 5.32. The molecule has 2 aromatic rings. The molecule has 0 unspecified atom stereocenters. The second kappa shape index (κ2) is 5.18. The molecule has 0 radical (unpaired) electrons. The zero-order chi connectivity index (χ0) is 12.4. The first-order chi connectivity index (χ1) is 8.13. The molecule has 0 aliphatic carbocycles. The number of halogens is 3. The van der Waals surface area contributed by atoms with Crippen LogP contribution in [0.5, 0.6) is 5.75 Å². The van der Waals surface area contributed by atoms with Gasteiger partial charge in [-0.25, -0.2) is 0 Å². The standard InChI is InChI=1S/C13H9Cl3O/c1-17-12-4-2-3-10(15)13(12)8-5-6-9(14)11(16)7-8/h2-7H,1H3. The summed E-state index contributed by atoms with van der Waals surface area (Å²) in [4.78, 5) is 0. The van der Waals surface area contributed by atoms with Gasteiger partial charge in [-0.2, -0.15) is 0 Å². The molecule has 0 atom stereocenters. The van der Waals surface area contributed by atoms with Crippen LogP contribution in [0.15, 0.2) is 36.4 Å². The maximum Gasteiger partial charge on any atom is 0.128 e. The Hall–Kier alpha value is -0.890. The molecule has 0 aliphatic heterocycles. The van der Waals surface area contributed by atoms with Crippen LogP contribution in [0.3, 0.4) is 0 Å². The van der Waals surface area contributed by atoms with Gasteiger partial charge in [0.2, 0.25) is 0 Å². The normalized spacial score (nSPS) is 10.4. The second-order valence-corrected chi connectivity index (χ2v) is 4.67. The Morgan fingerprint density at radius 3 is 2.29 bits per heavy atom. The van der Waals surface area contributed by atoms with E-state index in [2.05, 4.69) is 0 Å². The van der Waals surface area contributed by atoms with Crippen molar-refractivity contribution in [2.75, 3.05) is 7.11 Å². The highest BCUT2D eigenvalue weighted by atomic mass is 35.5. The number of hydrogen-bond donors (Lipinski definition) is 0. The van der Waals surface area contributed by atoms with E-state index in [-0.39, 0.29) is 0 Å². The third kappa shape index (κ3) is 2.52. The predicted molar refractivity (Wildman–Crippen MR) is 73.5 cm³/mol. The van der Waals surface area contributed by atoms with E-state index < -0.39 is 0 Å². The molecule has 0 fully saturated rings. The van der Waals surface area contributed by atoms with Crippen molar-refractivity contribution in [3.8, 4) is 16.9 Å². The van der Waals surface area contributed by atoms with E-state index in [1.165, 1.54) is 0 Å². The van der Waals surface area contributed by atoms with Gasteiger partial charge >= 0.3 is 0 Å². The maximum absolute atomic E-state index is 6.18. The van der Waals surface area contributed by atoms with Crippen LogP contribution in [-0.2, 0) is 0 Å². The number of ether oxygens (including phenoxy) is 1. The van der Waals surface area contributed by atoms with Gasteiger partial charge in [-0.15, -0.1) is 0 Å². The van der Waals surface area contributed by atoms with Crippen LogP contribution < -0.4 is 4.74 Å². The fraction of sp³-hybridized carbons (Fsp3) is 0.0769. The van der Waals surface area contributed by atoms with Gasteiger partial charge in [0.1, 0.15) is 5.75 Å². The highest BCUT2D eigenvalue weighted by Gasteiger charge is 2.11. The summed E-state index contributed by atoms with van der Waals surface area (Å²) in [5.74, 6) is 0.705. The summed E-state index contributed by atoms with van der Waals surface area (Å²) in [6.07, 6.45) is 0. The number of benzene rings is 2. The van der Waals surface area contributed by atoms with Gasteiger partial charge in [-0.3, -0.25) is 0 Å². The first kappa shape index (κ1) is 12.6.